The van der Waals surface area contributed by atoms with Crippen molar-refractivity contribution >= 4 is 22.7 Å². The fraction of sp³-hybridized carbons (Fsp3) is 0.654. The van der Waals surface area contributed by atoms with E-state index >= 15 is 0 Å². The standard InChI is InChI=1S/C26H37FN6O2/c1-17(2)33-24-7-4-19(27)14-23(24)25(29-33)26(35)28-20-15-21-5-6-22(16-20)32(21)13-10-30-8-11-31(12-9-30)18(3)34/h4,7,14,17,20-22H,5-6,8-13,15-16H2,1-3H3,(H,28,35)/t20-,21-,22+. The summed E-state index contributed by atoms with van der Waals surface area (Å²) in [7, 11) is 0. The third-order valence-corrected chi connectivity index (χ3v) is 8.08. The molecule has 8 nitrogen and oxygen atoms in total. The number of nitrogens with one attached hydrogen (secondary N) is 1. The second-order valence-electron chi connectivity index (χ2n) is 10.7. The van der Waals surface area contributed by atoms with E-state index in [1.807, 2.05) is 18.7 Å². The van der Waals surface area contributed by atoms with Gasteiger partial charge in [0.05, 0.1) is 5.52 Å². The van der Waals surface area contributed by atoms with Gasteiger partial charge in [-0.05, 0) is 57.7 Å². The zero-order valence-electron chi connectivity index (χ0n) is 21.0. The van der Waals surface area contributed by atoms with E-state index in [0.29, 0.717) is 23.2 Å². The van der Waals surface area contributed by atoms with Crippen LogP contribution in [0.25, 0.3) is 10.9 Å². The third kappa shape index (κ3) is 4.93. The van der Waals surface area contributed by atoms with Gasteiger partial charge in [0.2, 0.25) is 5.91 Å². The Labute approximate surface area is 206 Å². The first-order valence-electron chi connectivity index (χ1n) is 13.0. The quantitative estimate of drug-likeness (QED) is 0.683. The van der Waals surface area contributed by atoms with E-state index in [2.05, 4.69) is 20.2 Å². The maximum atomic E-state index is 14.0. The number of carbonyl (C=O) groups is 2. The Bertz CT molecular complexity index is 1080. The molecule has 0 unspecified atom stereocenters. The molecule has 3 fully saturated rings. The smallest absolute Gasteiger partial charge is 0.272 e. The Hall–Kier alpha value is -2.52. The molecule has 190 valence electrons. The fourth-order valence-corrected chi connectivity index (χ4v) is 6.23. The molecule has 3 aliphatic heterocycles. The van der Waals surface area contributed by atoms with E-state index in [0.717, 1.165) is 57.6 Å². The number of piperidine rings is 1. The number of amides is 2. The van der Waals surface area contributed by atoms with Gasteiger partial charge < -0.3 is 10.2 Å². The lowest BCUT2D eigenvalue weighted by Crippen LogP contribution is -2.54. The van der Waals surface area contributed by atoms with Gasteiger partial charge in [0.15, 0.2) is 5.69 Å². The molecule has 0 radical (unpaired) electrons. The summed E-state index contributed by atoms with van der Waals surface area (Å²) in [5.41, 5.74) is 1.10. The summed E-state index contributed by atoms with van der Waals surface area (Å²) in [5.74, 6) is -0.397. The number of hydrogen-bond donors (Lipinski definition) is 1. The van der Waals surface area contributed by atoms with Gasteiger partial charge in [-0.3, -0.25) is 24.1 Å². The van der Waals surface area contributed by atoms with Crippen LogP contribution in [0.5, 0.6) is 0 Å². The third-order valence-electron chi connectivity index (χ3n) is 8.08. The zero-order chi connectivity index (χ0) is 24.7. The van der Waals surface area contributed by atoms with Crippen LogP contribution < -0.4 is 5.32 Å². The van der Waals surface area contributed by atoms with Crippen molar-refractivity contribution in [2.75, 3.05) is 39.3 Å². The monoisotopic (exact) mass is 484 g/mol. The molecule has 35 heavy (non-hydrogen) atoms. The van der Waals surface area contributed by atoms with Crippen molar-refractivity contribution < 1.29 is 14.0 Å². The van der Waals surface area contributed by atoms with Gasteiger partial charge in [0.1, 0.15) is 5.82 Å². The van der Waals surface area contributed by atoms with Gasteiger partial charge in [-0.25, -0.2) is 4.39 Å². The predicted molar refractivity (Wildman–Crippen MR) is 133 cm³/mol. The molecule has 3 saturated heterocycles. The van der Waals surface area contributed by atoms with Crippen molar-refractivity contribution in [1.29, 1.82) is 0 Å². The first-order valence-corrected chi connectivity index (χ1v) is 13.0. The SMILES string of the molecule is CC(=O)N1CCN(CCN2[C@@H]3CC[C@H]2C[C@H](NC(=O)c2nn(C(C)C)c4ccc(F)cc24)C3)CC1. The van der Waals surface area contributed by atoms with Crippen molar-refractivity contribution in [3.8, 4) is 0 Å². The van der Waals surface area contributed by atoms with E-state index < -0.39 is 0 Å². The van der Waals surface area contributed by atoms with Crippen molar-refractivity contribution in [1.82, 2.24) is 29.8 Å². The Morgan fingerprint density at radius 2 is 1.77 bits per heavy atom. The largest absolute Gasteiger partial charge is 0.348 e. The maximum Gasteiger partial charge on any atom is 0.272 e. The van der Waals surface area contributed by atoms with Gasteiger partial charge in [-0.2, -0.15) is 5.10 Å². The summed E-state index contributed by atoms with van der Waals surface area (Å²) in [6.45, 7) is 11.3. The average molecular weight is 485 g/mol. The fourth-order valence-electron chi connectivity index (χ4n) is 6.23. The first kappa shape index (κ1) is 24.2. The van der Waals surface area contributed by atoms with E-state index in [9.17, 15) is 14.0 Å². The number of halogens is 1. The van der Waals surface area contributed by atoms with Crippen LogP contribution in [0, 0.1) is 5.82 Å². The average Bonchev–Trinajstić information content (AvgIpc) is 3.32. The normalized spacial score (nSPS) is 25.5. The van der Waals surface area contributed by atoms with Gasteiger partial charge in [0.25, 0.3) is 5.91 Å². The maximum absolute atomic E-state index is 14.0. The van der Waals surface area contributed by atoms with Crippen molar-refractivity contribution in [2.45, 2.75) is 70.6 Å². The second-order valence-corrected chi connectivity index (χ2v) is 10.7. The molecular weight excluding hydrogens is 447 g/mol. The molecule has 2 aromatic rings. The minimum atomic E-state index is -0.357. The molecule has 0 aliphatic carbocycles. The van der Waals surface area contributed by atoms with Crippen LogP contribution >= 0.6 is 0 Å². The molecule has 0 spiro atoms. The van der Waals surface area contributed by atoms with E-state index in [1.165, 1.54) is 25.0 Å². The highest BCUT2D eigenvalue weighted by atomic mass is 19.1. The molecular formula is C26H37FN6O2. The second kappa shape index (κ2) is 9.85. The Kier molecular flexibility index (Phi) is 6.81. The lowest BCUT2D eigenvalue weighted by molar-refractivity contribution is -0.130. The molecule has 1 N–H and O–H groups in total. The summed E-state index contributed by atoms with van der Waals surface area (Å²) in [6, 6.07) is 5.70. The van der Waals surface area contributed by atoms with E-state index in [4.69, 9.17) is 0 Å². The zero-order valence-corrected chi connectivity index (χ0v) is 21.0. The lowest BCUT2D eigenvalue weighted by Gasteiger charge is -2.41. The molecule has 3 atom stereocenters. The van der Waals surface area contributed by atoms with Crippen molar-refractivity contribution in [2.24, 2.45) is 0 Å². The van der Waals surface area contributed by atoms with Crippen LogP contribution in [0.4, 0.5) is 4.39 Å². The number of nitrogens with zero attached hydrogens (tertiary/aromatic N) is 5. The highest BCUT2D eigenvalue weighted by Gasteiger charge is 2.41. The summed E-state index contributed by atoms with van der Waals surface area (Å²) in [4.78, 5) is 31.8. The minimum Gasteiger partial charge on any atom is -0.348 e. The number of piperazine rings is 1. The van der Waals surface area contributed by atoms with Gasteiger partial charge >= 0.3 is 0 Å². The molecule has 4 heterocycles. The molecule has 2 amide bonds. The topological polar surface area (TPSA) is 73.7 Å². The Morgan fingerprint density at radius 3 is 2.40 bits per heavy atom. The van der Waals surface area contributed by atoms with Gasteiger partial charge in [-0.1, -0.05) is 0 Å². The predicted octanol–water partition coefficient (Wildman–Crippen LogP) is 2.65. The van der Waals surface area contributed by atoms with E-state index in [1.54, 1.807) is 17.7 Å². The molecule has 5 rings (SSSR count). The van der Waals surface area contributed by atoms with Crippen LogP contribution in [-0.4, -0.2) is 93.7 Å². The number of fused-ring (bicyclic) bond motifs is 3. The highest BCUT2D eigenvalue weighted by Crippen LogP contribution is 2.36. The summed E-state index contributed by atoms with van der Waals surface area (Å²) < 4.78 is 15.8. The molecule has 2 bridgehead atoms. The summed E-state index contributed by atoms with van der Waals surface area (Å²) >= 11 is 0. The Balaban J connectivity index is 1.19. The summed E-state index contributed by atoms with van der Waals surface area (Å²) in [5, 5.41) is 8.36. The lowest BCUT2D eigenvalue weighted by atomic mass is 9.97. The number of hydrogen-bond acceptors (Lipinski definition) is 5. The molecule has 0 saturated carbocycles. The number of carbonyl (C=O) groups excluding carboxylic acids is 2. The number of benzene rings is 1. The molecule has 9 heteroatoms. The van der Waals surface area contributed by atoms with Gasteiger partial charge in [0, 0.05) is 75.7 Å². The molecule has 3 aliphatic rings. The van der Waals surface area contributed by atoms with Crippen LogP contribution in [-0.2, 0) is 4.79 Å². The highest BCUT2D eigenvalue weighted by molar-refractivity contribution is 6.05. The number of aromatic nitrogens is 2. The van der Waals surface area contributed by atoms with Crippen LogP contribution in [0.15, 0.2) is 18.2 Å². The van der Waals surface area contributed by atoms with Crippen LogP contribution in [0.1, 0.15) is 63.0 Å². The van der Waals surface area contributed by atoms with Crippen LogP contribution in [0.3, 0.4) is 0 Å². The van der Waals surface area contributed by atoms with Crippen molar-refractivity contribution in [3.63, 3.8) is 0 Å². The number of rotatable bonds is 6. The van der Waals surface area contributed by atoms with E-state index in [-0.39, 0.29) is 29.7 Å². The van der Waals surface area contributed by atoms with Crippen molar-refractivity contribution in [3.05, 3.63) is 29.7 Å². The van der Waals surface area contributed by atoms with Gasteiger partial charge in [-0.15, -0.1) is 0 Å². The van der Waals surface area contributed by atoms with Crippen LogP contribution in [0.2, 0.25) is 0 Å². The molecule has 1 aromatic heterocycles. The minimum absolute atomic E-state index is 0.0778. The molecule has 1 aromatic carbocycles. The summed E-state index contributed by atoms with van der Waals surface area (Å²) in [6.07, 6.45) is 4.23. The Morgan fingerprint density at radius 1 is 1.09 bits per heavy atom. The first-order chi connectivity index (χ1) is 16.8.